The van der Waals surface area contributed by atoms with Crippen molar-refractivity contribution in [3.8, 4) is 5.75 Å². The van der Waals surface area contributed by atoms with Crippen molar-refractivity contribution < 1.29 is 18.3 Å². The maximum atomic E-state index is 12.4. The highest BCUT2D eigenvalue weighted by atomic mass is 32.2. The minimum absolute atomic E-state index is 0.110. The molecule has 1 fully saturated rings. The van der Waals surface area contributed by atoms with Gasteiger partial charge in [-0.25, -0.2) is 8.42 Å². The Hall–Kier alpha value is -1.11. The van der Waals surface area contributed by atoms with Crippen molar-refractivity contribution in [2.24, 2.45) is 0 Å². The molecule has 0 radical (unpaired) electrons. The molecule has 0 bridgehead atoms. The number of aliphatic hydroxyl groups is 1. The van der Waals surface area contributed by atoms with Gasteiger partial charge >= 0.3 is 0 Å². The normalized spacial score (nSPS) is 16.5. The second-order valence-electron chi connectivity index (χ2n) is 5.22. The van der Waals surface area contributed by atoms with Gasteiger partial charge in [0.2, 0.25) is 10.0 Å². The molecule has 0 unspecified atom stereocenters. The second-order valence-corrected chi connectivity index (χ2v) is 7.15. The molecule has 1 N–H and O–H groups in total. The van der Waals surface area contributed by atoms with Crippen molar-refractivity contribution in [3.63, 3.8) is 0 Å². The molecular weight excluding hydrogens is 290 g/mol. The number of aliphatic hydroxyl groups excluding tert-OH is 1. The number of hydrogen-bond donors (Lipinski definition) is 1. The van der Waals surface area contributed by atoms with Gasteiger partial charge < -0.3 is 9.84 Å². The van der Waals surface area contributed by atoms with Crippen molar-refractivity contribution in [3.05, 3.63) is 24.3 Å². The Bertz CT molecular complexity index is 535. The van der Waals surface area contributed by atoms with Crippen molar-refractivity contribution in [2.45, 2.75) is 43.6 Å². The fraction of sp³-hybridized carbons (Fsp3) is 0.600. The van der Waals surface area contributed by atoms with E-state index in [9.17, 15) is 8.42 Å². The quantitative estimate of drug-likeness (QED) is 0.836. The summed E-state index contributed by atoms with van der Waals surface area (Å²) in [7, 11) is -3.54. The molecule has 1 aromatic carbocycles. The van der Waals surface area contributed by atoms with E-state index in [4.69, 9.17) is 9.84 Å². The first-order valence-corrected chi connectivity index (χ1v) is 8.89. The van der Waals surface area contributed by atoms with Gasteiger partial charge in [-0.3, -0.25) is 0 Å². The summed E-state index contributed by atoms with van der Waals surface area (Å²) in [6.45, 7) is 2.02. The van der Waals surface area contributed by atoms with Gasteiger partial charge in [0.25, 0.3) is 0 Å². The maximum absolute atomic E-state index is 12.4. The van der Waals surface area contributed by atoms with Crippen LogP contribution in [-0.2, 0) is 10.0 Å². The molecule has 6 heteroatoms. The monoisotopic (exact) mass is 313 g/mol. The Morgan fingerprint density at radius 3 is 2.38 bits per heavy atom. The molecule has 118 valence electrons. The molecule has 0 saturated heterocycles. The minimum Gasteiger partial charge on any atom is -0.490 e. The van der Waals surface area contributed by atoms with Crippen LogP contribution in [0.5, 0.6) is 5.75 Å². The molecule has 5 nitrogen and oxygen atoms in total. The smallest absolute Gasteiger partial charge is 0.243 e. The van der Waals surface area contributed by atoms with E-state index < -0.39 is 10.0 Å². The van der Waals surface area contributed by atoms with Crippen LogP contribution < -0.4 is 4.74 Å². The summed E-state index contributed by atoms with van der Waals surface area (Å²) in [6, 6.07) is 6.55. The average Bonchev–Trinajstić information content (AvgIpc) is 2.98. The number of benzene rings is 1. The predicted molar refractivity (Wildman–Crippen MR) is 80.8 cm³/mol. The van der Waals surface area contributed by atoms with Crippen LogP contribution in [0.15, 0.2) is 29.2 Å². The highest BCUT2D eigenvalue weighted by Crippen LogP contribution is 2.25. The third-order valence-electron chi connectivity index (χ3n) is 3.77. The Balaban J connectivity index is 2.09. The maximum Gasteiger partial charge on any atom is 0.243 e. The first-order chi connectivity index (χ1) is 10.1. The molecule has 0 spiro atoms. The second kappa shape index (κ2) is 7.24. The number of likely N-dealkylation sites (N-methyl/N-ethyl adjacent to an activating group) is 1. The summed E-state index contributed by atoms with van der Waals surface area (Å²) in [6.07, 6.45) is 4.79. The molecule has 1 aliphatic rings. The Morgan fingerprint density at radius 2 is 1.86 bits per heavy atom. The molecule has 1 aliphatic carbocycles. The molecule has 0 atom stereocenters. The van der Waals surface area contributed by atoms with E-state index in [1.54, 1.807) is 31.2 Å². The van der Waals surface area contributed by atoms with E-state index >= 15 is 0 Å². The number of rotatable bonds is 7. The topological polar surface area (TPSA) is 66.8 Å². The van der Waals surface area contributed by atoms with Crippen molar-refractivity contribution in [1.82, 2.24) is 4.31 Å². The molecule has 0 heterocycles. The SMILES string of the molecule is CCN(CCO)S(=O)(=O)c1ccc(OC2CCCC2)cc1. The van der Waals surface area contributed by atoms with Crippen LogP contribution in [0.25, 0.3) is 0 Å². The summed E-state index contributed by atoms with van der Waals surface area (Å²) in [4.78, 5) is 0.233. The van der Waals surface area contributed by atoms with Gasteiger partial charge in [0.15, 0.2) is 0 Å². The predicted octanol–water partition coefficient (Wildman–Crippen LogP) is 2.01. The fourth-order valence-electron chi connectivity index (χ4n) is 2.60. The lowest BCUT2D eigenvalue weighted by molar-refractivity contribution is 0.210. The van der Waals surface area contributed by atoms with E-state index in [1.807, 2.05) is 0 Å². The molecule has 1 aromatic rings. The van der Waals surface area contributed by atoms with Crippen LogP contribution in [0.1, 0.15) is 32.6 Å². The van der Waals surface area contributed by atoms with Crippen molar-refractivity contribution in [2.75, 3.05) is 19.7 Å². The number of nitrogens with zero attached hydrogens (tertiary/aromatic N) is 1. The first-order valence-electron chi connectivity index (χ1n) is 7.45. The Labute approximate surface area is 126 Å². The molecule has 21 heavy (non-hydrogen) atoms. The number of sulfonamides is 1. The van der Waals surface area contributed by atoms with Crippen molar-refractivity contribution in [1.29, 1.82) is 0 Å². The zero-order valence-corrected chi connectivity index (χ0v) is 13.2. The van der Waals surface area contributed by atoms with Crippen LogP contribution in [-0.4, -0.2) is 43.6 Å². The van der Waals surface area contributed by atoms with E-state index in [-0.39, 0.29) is 24.2 Å². The lowest BCUT2D eigenvalue weighted by Crippen LogP contribution is -2.33. The van der Waals surface area contributed by atoms with Crippen molar-refractivity contribution >= 4 is 10.0 Å². The standard InChI is InChI=1S/C15H23NO4S/c1-2-16(11-12-17)21(18,19)15-9-7-14(8-10-15)20-13-5-3-4-6-13/h7-10,13,17H,2-6,11-12H2,1H3. The van der Waals surface area contributed by atoms with Gasteiger partial charge in [0, 0.05) is 13.1 Å². The van der Waals surface area contributed by atoms with Gasteiger partial charge in [-0.2, -0.15) is 4.31 Å². The average molecular weight is 313 g/mol. The Kier molecular flexibility index (Phi) is 5.61. The highest BCUT2D eigenvalue weighted by Gasteiger charge is 2.23. The summed E-state index contributed by atoms with van der Waals surface area (Å²) in [5.41, 5.74) is 0. The first kappa shape index (κ1) is 16.3. The molecule has 1 saturated carbocycles. The lowest BCUT2D eigenvalue weighted by Gasteiger charge is -2.19. The minimum atomic E-state index is -3.54. The third-order valence-corrected chi connectivity index (χ3v) is 5.76. The van der Waals surface area contributed by atoms with Gasteiger partial charge in [-0.05, 0) is 49.9 Å². The summed E-state index contributed by atoms with van der Waals surface area (Å²) in [5.74, 6) is 0.714. The fourth-order valence-corrected chi connectivity index (χ4v) is 4.04. The third kappa shape index (κ3) is 3.96. The van der Waals surface area contributed by atoms with Crippen LogP contribution in [0.3, 0.4) is 0 Å². The molecule has 2 rings (SSSR count). The summed E-state index contributed by atoms with van der Waals surface area (Å²) in [5, 5.41) is 8.96. The van der Waals surface area contributed by atoms with Crippen LogP contribution >= 0.6 is 0 Å². The molecule has 0 amide bonds. The van der Waals surface area contributed by atoms with Gasteiger partial charge in [0.05, 0.1) is 17.6 Å². The van der Waals surface area contributed by atoms with Crippen LogP contribution in [0, 0.1) is 0 Å². The zero-order valence-electron chi connectivity index (χ0n) is 12.4. The van der Waals surface area contributed by atoms with E-state index in [0.29, 0.717) is 12.3 Å². The number of hydrogen-bond acceptors (Lipinski definition) is 4. The van der Waals surface area contributed by atoms with E-state index in [2.05, 4.69) is 0 Å². The summed E-state index contributed by atoms with van der Waals surface area (Å²) >= 11 is 0. The highest BCUT2D eigenvalue weighted by molar-refractivity contribution is 7.89. The van der Waals surface area contributed by atoms with Gasteiger partial charge in [0.1, 0.15) is 5.75 Å². The molecule has 0 aliphatic heterocycles. The lowest BCUT2D eigenvalue weighted by atomic mass is 10.3. The zero-order chi connectivity index (χ0) is 15.3. The Morgan fingerprint density at radius 1 is 1.24 bits per heavy atom. The molecular formula is C15H23NO4S. The summed E-state index contributed by atoms with van der Waals surface area (Å²) < 4.78 is 31.9. The molecule has 0 aromatic heterocycles. The van der Waals surface area contributed by atoms with Gasteiger partial charge in [-0.1, -0.05) is 6.92 Å². The van der Waals surface area contributed by atoms with E-state index in [1.165, 1.54) is 17.1 Å². The van der Waals surface area contributed by atoms with E-state index in [0.717, 1.165) is 12.8 Å². The van der Waals surface area contributed by atoms with Crippen LogP contribution in [0.2, 0.25) is 0 Å². The number of ether oxygens (including phenoxy) is 1. The van der Waals surface area contributed by atoms with Gasteiger partial charge in [-0.15, -0.1) is 0 Å². The largest absolute Gasteiger partial charge is 0.490 e. The van der Waals surface area contributed by atoms with Crippen LogP contribution in [0.4, 0.5) is 0 Å².